The van der Waals surface area contributed by atoms with Gasteiger partial charge in [-0.3, -0.25) is 0 Å². The molecule has 0 amide bonds. The molecule has 0 aliphatic carbocycles. The minimum absolute atomic E-state index is 0.564. The number of fused-ring (bicyclic) bond motifs is 1. The van der Waals surface area contributed by atoms with Gasteiger partial charge in [0.15, 0.2) is 11.5 Å². The van der Waals surface area contributed by atoms with Gasteiger partial charge in [-0.1, -0.05) is 29.8 Å². The highest BCUT2D eigenvalue weighted by molar-refractivity contribution is 6.32. The molecule has 19 heavy (non-hydrogen) atoms. The maximum atomic E-state index is 6.05. The summed E-state index contributed by atoms with van der Waals surface area (Å²) < 4.78 is 16.5. The van der Waals surface area contributed by atoms with E-state index in [0.717, 1.165) is 22.6 Å². The first-order valence-electron chi connectivity index (χ1n) is 6.02. The maximum absolute atomic E-state index is 6.05. The first-order chi connectivity index (χ1) is 9.29. The van der Waals surface area contributed by atoms with E-state index in [1.165, 1.54) is 0 Å². The molecule has 4 heteroatoms. The standard InChI is InChI=1S/C15H13ClO3/c1-17-14-9-10(5-6-12(14)16)11-3-2-4-13-15(11)19-8-7-18-13/h2-6,9H,7-8H2,1H3. The van der Waals surface area contributed by atoms with Crippen molar-refractivity contribution in [3.8, 4) is 28.4 Å². The molecular formula is C15H13ClO3. The van der Waals surface area contributed by atoms with Gasteiger partial charge >= 0.3 is 0 Å². The second kappa shape index (κ2) is 5.02. The summed E-state index contributed by atoms with van der Waals surface area (Å²) in [5.41, 5.74) is 1.97. The van der Waals surface area contributed by atoms with E-state index < -0.39 is 0 Å². The first-order valence-corrected chi connectivity index (χ1v) is 6.40. The summed E-state index contributed by atoms with van der Waals surface area (Å²) in [4.78, 5) is 0. The zero-order valence-electron chi connectivity index (χ0n) is 10.5. The average Bonchev–Trinajstić information content (AvgIpc) is 2.47. The van der Waals surface area contributed by atoms with Crippen molar-refractivity contribution >= 4 is 11.6 Å². The van der Waals surface area contributed by atoms with Crippen molar-refractivity contribution in [2.75, 3.05) is 20.3 Å². The van der Waals surface area contributed by atoms with E-state index >= 15 is 0 Å². The van der Waals surface area contributed by atoms with Gasteiger partial charge in [-0.25, -0.2) is 0 Å². The van der Waals surface area contributed by atoms with E-state index in [2.05, 4.69) is 0 Å². The summed E-state index contributed by atoms with van der Waals surface area (Å²) in [5, 5.41) is 0.591. The van der Waals surface area contributed by atoms with Gasteiger partial charge in [0.05, 0.1) is 12.1 Å². The molecule has 3 nitrogen and oxygen atoms in total. The van der Waals surface area contributed by atoms with Crippen LogP contribution in [-0.4, -0.2) is 20.3 Å². The number of hydrogen-bond acceptors (Lipinski definition) is 3. The van der Waals surface area contributed by atoms with Crippen molar-refractivity contribution in [1.82, 2.24) is 0 Å². The van der Waals surface area contributed by atoms with E-state index in [9.17, 15) is 0 Å². The van der Waals surface area contributed by atoms with E-state index in [-0.39, 0.29) is 0 Å². The molecule has 0 spiro atoms. The summed E-state index contributed by atoms with van der Waals surface area (Å²) in [6.07, 6.45) is 0. The van der Waals surface area contributed by atoms with Crippen molar-refractivity contribution in [2.45, 2.75) is 0 Å². The number of para-hydroxylation sites is 1. The highest BCUT2D eigenvalue weighted by Gasteiger charge is 2.17. The largest absolute Gasteiger partial charge is 0.495 e. The Morgan fingerprint density at radius 1 is 1.11 bits per heavy atom. The van der Waals surface area contributed by atoms with E-state index in [1.807, 2.05) is 36.4 Å². The third-order valence-electron chi connectivity index (χ3n) is 3.03. The highest BCUT2D eigenvalue weighted by Crippen LogP contribution is 2.41. The lowest BCUT2D eigenvalue weighted by molar-refractivity contribution is 0.172. The minimum Gasteiger partial charge on any atom is -0.495 e. The van der Waals surface area contributed by atoms with Gasteiger partial charge < -0.3 is 14.2 Å². The lowest BCUT2D eigenvalue weighted by atomic mass is 10.0. The molecule has 2 aromatic carbocycles. The molecule has 98 valence electrons. The zero-order chi connectivity index (χ0) is 13.2. The summed E-state index contributed by atoms with van der Waals surface area (Å²) in [5.74, 6) is 2.20. The molecule has 0 aromatic heterocycles. The summed E-state index contributed by atoms with van der Waals surface area (Å²) in [6.45, 7) is 1.15. The zero-order valence-corrected chi connectivity index (χ0v) is 11.2. The molecular weight excluding hydrogens is 264 g/mol. The highest BCUT2D eigenvalue weighted by atomic mass is 35.5. The quantitative estimate of drug-likeness (QED) is 0.835. The van der Waals surface area contributed by atoms with Gasteiger partial charge in [0.25, 0.3) is 0 Å². The summed E-state index contributed by atoms with van der Waals surface area (Å²) in [6, 6.07) is 11.5. The van der Waals surface area contributed by atoms with Crippen LogP contribution in [0.3, 0.4) is 0 Å². The van der Waals surface area contributed by atoms with Gasteiger partial charge in [0, 0.05) is 5.56 Å². The fraction of sp³-hybridized carbons (Fsp3) is 0.200. The smallest absolute Gasteiger partial charge is 0.169 e. The molecule has 1 aliphatic rings. The molecule has 0 radical (unpaired) electrons. The molecule has 0 unspecified atom stereocenters. The van der Waals surface area contributed by atoms with Crippen molar-refractivity contribution in [2.24, 2.45) is 0 Å². The molecule has 0 bridgehead atoms. The molecule has 1 aliphatic heterocycles. The molecule has 1 heterocycles. The SMILES string of the molecule is COc1cc(-c2cccc3c2OCCO3)ccc1Cl. The molecule has 0 saturated carbocycles. The van der Waals surface area contributed by atoms with Gasteiger partial charge in [-0.05, 0) is 23.8 Å². The Kier molecular flexibility index (Phi) is 3.22. The van der Waals surface area contributed by atoms with Crippen molar-refractivity contribution < 1.29 is 14.2 Å². The Labute approximate surface area is 116 Å². The Bertz CT molecular complexity index is 610. The second-order valence-electron chi connectivity index (χ2n) is 4.18. The van der Waals surface area contributed by atoms with Crippen LogP contribution in [-0.2, 0) is 0 Å². The summed E-state index contributed by atoms with van der Waals surface area (Å²) >= 11 is 6.05. The van der Waals surface area contributed by atoms with Crippen molar-refractivity contribution in [1.29, 1.82) is 0 Å². The third-order valence-corrected chi connectivity index (χ3v) is 3.34. The Morgan fingerprint density at radius 2 is 1.95 bits per heavy atom. The monoisotopic (exact) mass is 276 g/mol. The normalized spacial score (nSPS) is 13.2. The van der Waals surface area contributed by atoms with Crippen LogP contribution in [0.5, 0.6) is 17.2 Å². The Morgan fingerprint density at radius 3 is 2.79 bits per heavy atom. The molecule has 2 aromatic rings. The van der Waals surface area contributed by atoms with Crippen LogP contribution in [0.2, 0.25) is 5.02 Å². The van der Waals surface area contributed by atoms with Crippen molar-refractivity contribution in [3.63, 3.8) is 0 Å². The number of rotatable bonds is 2. The predicted molar refractivity (Wildman–Crippen MR) is 74.4 cm³/mol. The van der Waals surface area contributed by atoms with Crippen LogP contribution in [0.15, 0.2) is 36.4 Å². The van der Waals surface area contributed by atoms with Crippen molar-refractivity contribution in [3.05, 3.63) is 41.4 Å². The number of halogens is 1. The predicted octanol–water partition coefficient (Wildman–Crippen LogP) is 3.79. The van der Waals surface area contributed by atoms with Gasteiger partial charge in [-0.2, -0.15) is 0 Å². The topological polar surface area (TPSA) is 27.7 Å². The number of methoxy groups -OCH3 is 1. The molecule has 0 fully saturated rings. The Hall–Kier alpha value is -1.87. The number of benzene rings is 2. The molecule has 0 atom stereocenters. The molecule has 0 N–H and O–H groups in total. The second-order valence-corrected chi connectivity index (χ2v) is 4.59. The number of ether oxygens (including phenoxy) is 3. The van der Waals surface area contributed by atoms with Crippen LogP contribution in [0, 0.1) is 0 Å². The van der Waals surface area contributed by atoms with Crippen LogP contribution in [0.25, 0.3) is 11.1 Å². The van der Waals surface area contributed by atoms with Gasteiger partial charge in [0.2, 0.25) is 0 Å². The minimum atomic E-state index is 0.564. The van der Waals surface area contributed by atoms with Crippen LogP contribution < -0.4 is 14.2 Å². The van der Waals surface area contributed by atoms with Crippen LogP contribution >= 0.6 is 11.6 Å². The van der Waals surface area contributed by atoms with Gasteiger partial charge in [0.1, 0.15) is 19.0 Å². The fourth-order valence-corrected chi connectivity index (χ4v) is 2.32. The molecule has 0 saturated heterocycles. The van der Waals surface area contributed by atoms with Crippen LogP contribution in [0.1, 0.15) is 0 Å². The Balaban J connectivity index is 2.12. The van der Waals surface area contributed by atoms with Gasteiger partial charge in [-0.15, -0.1) is 0 Å². The van der Waals surface area contributed by atoms with E-state index in [0.29, 0.717) is 24.0 Å². The average molecular weight is 277 g/mol. The van der Waals surface area contributed by atoms with E-state index in [4.69, 9.17) is 25.8 Å². The lowest BCUT2D eigenvalue weighted by Gasteiger charge is -2.21. The fourth-order valence-electron chi connectivity index (χ4n) is 2.13. The van der Waals surface area contributed by atoms with E-state index in [1.54, 1.807) is 7.11 Å². The van der Waals surface area contributed by atoms with Crippen LogP contribution in [0.4, 0.5) is 0 Å². The maximum Gasteiger partial charge on any atom is 0.169 e. The third kappa shape index (κ3) is 2.22. The summed E-state index contributed by atoms with van der Waals surface area (Å²) in [7, 11) is 1.60. The number of hydrogen-bond donors (Lipinski definition) is 0. The lowest BCUT2D eigenvalue weighted by Crippen LogP contribution is -2.15. The molecule has 3 rings (SSSR count). The first kappa shape index (κ1) is 12.2.